The molecule has 1 aromatic heterocycles. The third-order valence-electron chi connectivity index (χ3n) is 4.15. The van der Waals surface area contributed by atoms with E-state index in [0.29, 0.717) is 13.2 Å². The number of fused-ring (bicyclic) bond motifs is 1. The molecule has 0 bridgehead atoms. The van der Waals surface area contributed by atoms with Gasteiger partial charge in [-0.2, -0.15) is 0 Å². The van der Waals surface area contributed by atoms with E-state index in [4.69, 9.17) is 4.74 Å². The summed E-state index contributed by atoms with van der Waals surface area (Å²) in [5.41, 5.74) is 3.52. The summed E-state index contributed by atoms with van der Waals surface area (Å²) < 4.78 is 7.00. The summed E-state index contributed by atoms with van der Waals surface area (Å²) in [4.78, 5) is 12.7. The van der Waals surface area contributed by atoms with Crippen molar-refractivity contribution in [2.75, 3.05) is 13.7 Å². The Hall–Kier alpha value is -1.66. The Bertz CT molecular complexity index is 699. The smallest absolute Gasteiger partial charge is 0.191 e. The molecule has 1 atom stereocenters. The van der Waals surface area contributed by atoms with Gasteiger partial charge in [-0.3, -0.25) is 4.79 Å². The molecule has 1 unspecified atom stereocenters. The number of Topliss-reactive ketones (excluding diaryl/α,β-unsaturated/α-hetero) is 1. The number of benzene rings is 1. The first kappa shape index (κ1) is 16.2. The SMILES string of the molecule is COCCn1cnnc1SC(C)C(=O)c1ccc2c(c1)CCC2. The maximum absolute atomic E-state index is 12.7. The predicted octanol–water partition coefficient (Wildman–Crippen LogP) is 2.78. The maximum Gasteiger partial charge on any atom is 0.191 e. The number of rotatable bonds is 7. The zero-order valence-electron chi connectivity index (χ0n) is 13.5. The zero-order chi connectivity index (χ0) is 16.2. The molecular formula is C17H21N3O2S. The van der Waals surface area contributed by atoms with Gasteiger partial charge in [0.15, 0.2) is 10.9 Å². The highest BCUT2D eigenvalue weighted by atomic mass is 32.2. The Morgan fingerprint density at radius 2 is 2.22 bits per heavy atom. The molecular weight excluding hydrogens is 310 g/mol. The molecule has 0 fully saturated rings. The van der Waals surface area contributed by atoms with Crippen LogP contribution < -0.4 is 0 Å². The van der Waals surface area contributed by atoms with Gasteiger partial charge in [0.1, 0.15) is 6.33 Å². The largest absolute Gasteiger partial charge is 0.383 e. The van der Waals surface area contributed by atoms with Crippen LogP contribution in [-0.4, -0.2) is 39.5 Å². The summed E-state index contributed by atoms with van der Waals surface area (Å²) in [7, 11) is 1.66. The van der Waals surface area contributed by atoms with E-state index in [0.717, 1.165) is 23.6 Å². The van der Waals surface area contributed by atoms with Crippen LogP contribution in [0.15, 0.2) is 29.7 Å². The van der Waals surface area contributed by atoms with Crippen LogP contribution in [0.1, 0.15) is 34.8 Å². The van der Waals surface area contributed by atoms with E-state index < -0.39 is 0 Å². The Labute approximate surface area is 140 Å². The van der Waals surface area contributed by atoms with Crippen LogP contribution in [0.3, 0.4) is 0 Å². The highest BCUT2D eigenvalue weighted by molar-refractivity contribution is 8.00. The van der Waals surface area contributed by atoms with Crippen molar-refractivity contribution in [2.24, 2.45) is 0 Å². The number of nitrogens with zero attached hydrogens (tertiary/aromatic N) is 3. The van der Waals surface area contributed by atoms with Gasteiger partial charge in [-0.15, -0.1) is 10.2 Å². The normalized spacial score (nSPS) is 14.7. The van der Waals surface area contributed by atoms with Gasteiger partial charge in [-0.1, -0.05) is 23.9 Å². The van der Waals surface area contributed by atoms with Crippen molar-refractivity contribution in [1.82, 2.24) is 14.8 Å². The van der Waals surface area contributed by atoms with E-state index in [1.807, 2.05) is 17.6 Å². The highest BCUT2D eigenvalue weighted by Gasteiger charge is 2.21. The van der Waals surface area contributed by atoms with Gasteiger partial charge < -0.3 is 9.30 Å². The lowest BCUT2D eigenvalue weighted by Crippen LogP contribution is -2.15. The molecule has 0 aliphatic heterocycles. The first-order chi connectivity index (χ1) is 11.2. The molecule has 0 radical (unpaired) electrons. The number of hydrogen-bond donors (Lipinski definition) is 0. The molecule has 0 saturated heterocycles. The van der Waals surface area contributed by atoms with Crippen LogP contribution in [-0.2, 0) is 24.1 Å². The number of aryl methyl sites for hydroxylation is 2. The van der Waals surface area contributed by atoms with Crippen molar-refractivity contribution in [3.8, 4) is 0 Å². The fourth-order valence-corrected chi connectivity index (χ4v) is 3.78. The molecule has 0 saturated carbocycles. The second-order valence-electron chi connectivity index (χ2n) is 5.76. The minimum Gasteiger partial charge on any atom is -0.383 e. The van der Waals surface area contributed by atoms with Crippen molar-refractivity contribution >= 4 is 17.5 Å². The number of carbonyl (C=O) groups is 1. The van der Waals surface area contributed by atoms with Gasteiger partial charge in [0, 0.05) is 19.2 Å². The number of aromatic nitrogens is 3. The molecule has 2 aromatic rings. The summed E-state index contributed by atoms with van der Waals surface area (Å²) in [6.07, 6.45) is 5.09. The van der Waals surface area contributed by atoms with Crippen LogP contribution in [0.2, 0.25) is 0 Å². The zero-order valence-corrected chi connectivity index (χ0v) is 14.3. The number of ether oxygens (including phenoxy) is 1. The molecule has 0 spiro atoms. The summed E-state index contributed by atoms with van der Waals surface area (Å²) in [5, 5.41) is 8.60. The standard InChI is InChI=1S/C17H21N3O2S/c1-12(23-17-19-18-11-20(17)8-9-22-2)16(21)15-7-6-13-4-3-5-14(13)10-15/h6-7,10-12H,3-5,8-9H2,1-2H3. The number of ketones is 1. The van der Waals surface area contributed by atoms with Crippen molar-refractivity contribution in [3.05, 3.63) is 41.2 Å². The van der Waals surface area contributed by atoms with Crippen molar-refractivity contribution in [2.45, 2.75) is 43.1 Å². The minimum absolute atomic E-state index is 0.144. The molecule has 1 aliphatic rings. The minimum atomic E-state index is -0.194. The van der Waals surface area contributed by atoms with E-state index in [1.165, 1.54) is 29.3 Å². The lowest BCUT2D eigenvalue weighted by atomic mass is 10.0. The molecule has 0 N–H and O–H groups in total. The average Bonchev–Trinajstić information content (AvgIpc) is 3.20. The number of carbonyl (C=O) groups excluding carboxylic acids is 1. The molecule has 3 rings (SSSR count). The van der Waals surface area contributed by atoms with Crippen LogP contribution in [0.4, 0.5) is 0 Å². The maximum atomic E-state index is 12.7. The van der Waals surface area contributed by atoms with Crippen LogP contribution in [0.25, 0.3) is 0 Å². The van der Waals surface area contributed by atoms with E-state index in [-0.39, 0.29) is 11.0 Å². The summed E-state index contributed by atoms with van der Waals surface area (Å²) in [5.74, 6) is 0.144. The molecule has 23 heavy (non-hydrogen) atoms. The van der Waals surface area contributed by atoms with Crippen LogP contribution in [0, 0.1) is 0 Å². The fourth-order valence-electron chi connectivity index (χ4n) is 2.85. The van der Waals surface area contributed by atoms with Gasteiger partial charge in [0.25, 0.3) is 0 Å². The Balaban J connectivity index is 1.69. The third kappa shape index (κ3) is 3.64. The predicted molar refractivity (Wildman–Crippen MR) is 90.0 cm³/mol. The number of thioether (sulfide) groups is 1. The van der Waals surface area contributed by atoms with E-state index in [2.05, 4.69) is 22.3 Å². The lowest BCUT2D eigenvalue weighted by Gasteiger charge is -2.12. The summed E-state index contributed by atoms with van der Waals surface area (Å²) >= 11 is 1.45. The Morgan fingerprint density at radius 3 is 3.04 bits per heavy atom. The van der Waals surface area contributed by atoms with Crippen molar-refractivity contribution in [3.63, 3.8) is 0 Å². The van der Waals surface area contributed by atoms with Crippen LogP contribution >= 0.6 is 11.8 Å². The van der Waals surface area contributed by atoms with Crippen molar-refractivity contribution in [1.29, 1.82) is 0 Å². The quantitative estimate of drug-likeness (QED) is 0.577. The first-order valence-corrected chi connectivity index (χ1v) is 8.76. The van der Waals surface area contributed by atoms with Gasteiger partial charge >= 0.3 is 0 Å². The molecule has 6 heteroatoms. The molecule has 122 valence electrons. The van der Waals surface area contributed by atoms with Crippen molar-refractivity contribution < 1.29 is 9.53 Å². The van der Waals surface area contributed by atoms with Gasteiger partial charge in [-0.25, -0.2) is 0 Å². The molecule has 5 nitrogen and oxygen atoms in total. The van der Waals surface area contributed by atoms with E-state index in [1.54, 1.807) is 13.4 Å². The number of methoxy groups -OCH3 is 1. The first-order valence-electron chi connectivity index (χ1n) is 7.88. The Kier molecular flexibility index (Phi) is 5.13. The molecule has 1 heterocycles. The fraction of sp³-hybridized carbons (Fsp3) is 0.471. The molecule has 1 aliphatic carbocycles. The van der Waals surface area contributed by atoms with Crippen LogP contribution in [0.5, 0.6) is 0 Å². The monoisotopic (exact) mass is 331 g/mol. The van der Waals surface area contributed by atoms with Gasteiger partial charge in [0.2, 0.25) is 0 Å². The summed E-state index contributed by atoms with van der Waals surface area (Å²) in [6.45, 7) is 3.21. The average molecular weight is 331 g/mol. The third-order valence-corrected chi connectivity index (χ3v) is 5.25. The van der Waals surface area contributed by atoms with Gasteiger partial charge in [0.05, 0.1) is 11.9 Å². The summed E-state index contributed by atoms with van der Waals surface area (Å²) in [6, 6.07) is 6.13. The Morgan fingerprint density at radius 1 is 1.39 bits per heavy atom. The van der Waals surface area contributed by atoms with E-state index in [9.17, 15) is 4.79 Å². The molecule has 0 amide bonds. The number of hydrogen-bond acceptors (Lipinski definition) is 5. The highest BCUT2D eigenvalue weighted by Crippen LogP contribution is 2.27. The molecule has 1 aromatic carbocycles. The second-order valence-corrected chi connectivity index (χ2v) is 7.07. The second kappa shape index (κ2) is 7.27. The van der Waals surface area contributed by atoms with E-state index >= 15 is 0 Å². The van der Waals surface area contributed by atoms with Gasteiger partial charge in [-0.05, 0) is 43.4 Å². The lowest BCUT2D eigenvalue weighted by molar-refractivity contribution is 0.0993. The topological polar surface area (TPSA) is 57.0 Å².